The average Bonchev–Trinajstić information content (AvgIpc) is 2.36. The van der Waals surface area contributed by atoms with Crippen molar-refractivity contribution in [3.63, 3.8) is 0 Å². The summed E-state index contributed by atoms with van der Waals surface area (Å²) in [5.41, 5.74) is 1.02. The molecule has 0 spiro atoms. The summed E-state index contributed by atoms with van der Waals surface area (Å²) in [5.74, 6) is 0.676. The second-order valence-electron chi connectivity index (χ2n) is 3.47. The Kier molecular flexibility index (Phi) is 8.43. The molecule has 0 aliphatic heterocycles. The Morgan fingerprint density at radius 1 is 1.44 bits per heavy atom. The smallest absolute Gasteiger partial charge is 0.190 e. The maximum Gasteiger partial charge on any atom is 0.190 e. The predicted molar refractivity (Wildman–Crippen MR) is 82.5 cm³/mol. The molecule has 2 N–H and O–H groups in total. The van der Waals surface area contributed by atoms with Crippen LogP contribution in [-0.4, -0.2) is 33.7 Å². The van der Waals surface area contributed by atoms with Gasteiger partial charge in [-0.3, -0.25) is 4.99 Å². The summed E-state index contributed by atoms with van der Waals surface area (Å²) in [7, 11) is 4.97. The van der Waals surface area contributed by atoms with Gasteiger partial charge < -0.3 is 15.4 Å². The number of nitrogens with zero attached hydrogens (tertiary/aromatic N) is 1. The van der Waals surface area contributed by atoms with Crippen LogP contribution in [0.5, 0.6) is 5.75 Å². The number of aliphatic imine (C=N–C) groups is 1. The highest BCUT2D eigenvalue weighted by atomic mass is 127. The van der Waals surface area contributed by atoms with Gasteiger partial charge in [-0.25, -0.2) is 4.39 Å². The predicted octanol–water partition coefficient (Wildman–Crippen LogP) is 1.79. The third-order valence-corrected chi connectivity index (χ3v) is 2.38. The molecule has 0 heterocycles. The standard InChI is InChI=1S/C12H18FN3O.HI/c1-14-12(15-2)16-7-6-9-4-5-10(13)11(8-9)17-3;/h4-5,8H,6-7H2,1-3H3,(H2,14,15,16);1H. The van der Waals surface area contributed by atoms with Gasteiger partial charge >= 0.3 is 0 Å². The molecule has 0 fully saturated rings. The molecule has 0 aromatic heterocycles. The van der Waals surface area contributed by atoms with E-state index in [2.05, 4.69) is 15.6 Å². The van der Waals surface area contributed by atoms with Crippen molar-refractivity contribution in [3.8, 4) is 5.75 Å². The molecule has 1 rings (SSSR count). The molecule has 6 heteroatoms. The Balaban J connectivity index is 0.00000289. The zero-order valence-corrected chi connectivity index (χ0v) is 13.1. The minimum absolute atomic E-state index is 0. The van der Waals surface area contributed by atoms with E-state index in [1.807, 2.05) is 0 Å². The molecule has 4 nitrogen and oxygen atoms in total. The monoisotopic (exact) mass is 367 g/mol. The van der Waals surface area contributed by atoms with Gasteiger partial charge in [0.25, 0.3) is 0 Å². The summed E-state index contributed by atoms with van der Waals surface area (Å²) in [5, 5.41) is 6.05. The number of rotatable bonds is 4. The van der Waals surface area contributed by atoms with Crippen LogP contribution < -0.4 is 15.4 Å². The molecule has 0 saturated carbocycles. The van der Waals surface area contributed by atoms with Crippen molar-refractivity contribution >= 4 is 29.9 Å². The van der Waals surface area contributed by atoms with Gasteiger partial charge in [0.1, 0.15) is 0 Å². The molecule has 0 aliphatic carbocycles. The van der Waals surface area contributed by atoms with Crippen LogP contribution in [0.4, 0.5) is 4.39 Å². The highest BCUT2D eigenvalue weighted by Crippen LogP contribution is 2.18. The Bertz CT molecular complexity index is 399. The van der Waals surface area contributed by atoms with E-state index >= 15 is 0 Å². The lowest BCUT2D eigenvalue weighted by molar-refractivity contribution is 0.386. The highest BCUT2D eigenvalue weighted by Gasteiger charge is 2.03. The molecule has 18 heavy (non-hydrogen) atoms. The number of halogens is 2. The third kappa shape index (κ3) is 5.07. The summed E-state index contributed by atoms with van der Waals surface area (Å²) in [6, 6.07) is 4.88. The van der Waals surface area contributed by atoms with Gasteiger partial charge in [-0.2, -0.15) is 0 Å². The highest BCUT2D eigenvalue weighted by molar-refractivity contribution is 14.0. The molecule has 0 bridgehead atoms. The summed E-state index contributed by atoms with van der Waals surface area (Å²) < 4.78 is 18.1. The lowest BCUT2D eigenvalue weighted by Gasteiger charge is -2.09. The van der Waals surface area contributed by atoms with Crippen molar-refractivity contribution in [1.82, 2.24) is 10.6 Å². The first-order valence-electron chi connectivity index (χ1n) is 5.42. The molecular weight excluding hydrogens is 348 g/mol. The zero-order valence-electron chi connectivity index (χ0n) is 10.8. The number of methoxy groups -OCH3 is 1. The van der Waals surface area contributed by atoms with Gasteiger partial charge in [-0.1, -0.05) is 6.07 Å². The first-order chi connectivity index (χ1) is 8.21. The zero-order chi connectivity index (χ0) is 12.7. The van der Waals surface area contributed by atoms with Gasteiger partial charge in [0.05, 0.1) is 7.11 Å². The first kappa shape index (κ1) is 16.9. The van der Waals surface area contributed by atoms with Crippen molar-refractivity contribution in [2.75, 3.05) is 27.7 Å². The Hall–Kier alpha value is -1.05. The SMILES string of the molecule is CN=C(NC)NCCc1ccc(F)c(OC)c1.I. The van der Waals surface area contributed by atoms with E-state index in [-0.39, 0.29) is 35.5 Å². The first-order valence-corrected chi connectivity index (χ1v) is 5.42. The van der Waals surface area contributed by atoms with E-state index in [1.54, 1.807) is 26.2 Å². The van der Waals surface area contributed by atoms with E-state index in [0.29, 0.717) is 0 Å². The molecule has 102 valence electrons. The molecule has 0 atom stereocenters. The van der Waals surface area contributed by atoms with E-state index in [4.69, 9.17) is 4.74 Å². The van der Waals surface area contributed by atoms with Gasteiger partial charge in [0, 0.05) is 20.6 Å². The number of hydrogen-bond acceptors (Lipinski definition) is 2. The van der Waals surface area contributed by atoms with Crippen LogP contribution in [-0.2, 0) is 6.42 Å². The second kappa shape index (κ2) is 8.96. The molecule has 0 unspecified atom stereocenters. The second-order valence-corrected chi connectivity index (χ2v) is 3.47. The Morgan fingerprint density at radius 3 is 2.72 bits per heavy atom. The quantitative estimate of drug-likeness (QED) is 0.485. The van der Waals surface area contributed by atoms with E-state index in [1.165, 1.54) is 13.2 Å². The number of benzene rings is 1. The van der Waals surface area contributed by atoms with Crippen LogP contribution in [0, 0.1) is 5.82 Å². The molecule has 0 radical (unpaired) electrons. The number of guanidine groups is 1. The van der Waals surface area contributed by atoms with Crippen LogP contribution in [0.2, 0.25) is 0 Å². The third-order valence-electron chi connectivity index (χ3n) is 2.38. The van der Waals surface area contributed by atoms with Crippen LogP contribution in [0.3, 0.4) is 0 Å². The molecule has 1 aromatic carbocycles. The fraction of sp³-hybridized carbons (Fsp3) is 0.417. The number of hydrogen-bond donors (Lipinski definition) is 2. The number of ether oxygens (including phenoxy) is 1. The topological polar surface area (TPSA) is 45.7 Å². The van der Waals surface area contributed by atoms with Gasteiger partial charge in [-0.05, 0) is 24.1 Å². The summed E-state index contributed by atoms with van der Waals surface area (Å²) in [4.78, 5) is 4.00. The lowest BCUT2D eigenvalue weighted by atomic mass is 10.1. The average molecular weight is 367 g/mol. The summed E-state index contributed by atoms with van der Waals surface area (Å²) >= 11 is 0. The molecule has 1 aromatic rings. The fourth-order valence-corrected chi connectivity index (χ4v) is 1.46. The lowest BCUT2D eigenvalue weighted by Crippen LogP contribution is -2.35. The fourth-order valence-electron chi connectivity index (χ4n) is 1.46. The summed E-state index contributed by atoms with van der Waals surface area (Å²) in [6.07, 6.45) is 0.775. The van der Waals surface area contributed by atoms with Gasteiger partial charge in [-0.15, -0.1) is 24.0 Å². The van der Waals surface area contributed by atoms with Crippen LogP contribution >= 0.6 is 24.0 Å². The normalized spacial score (nSPS) is 10.6. The number of nitrogens with one attached hydrogen (secondary N) is 2. The van der Waals surface area contributed by atoms with E-state index < -0.39 is 0 Å². The molecule has 0 aliphatic rings. The molecule has 0 saturated heterocycles. The van der Waals surface area contributed by atoms with Crippen molar-refractivity contribution < 1.29 is 9.13 Å². The van der Waals surface area contributed by atoms with E-state index in [0.717, 1.165) is 24.5 Å². The van der Waals surface area contributed by atoms with Crippen molar-refractivity contribution in [2.45, 2.75) is 6.42 Å². The maximum absolute atomic E-state index is 13.2. The van der Waals surface area contributed by atoms with E-state index in [9.17, 15) is 4.39 Å². The van der Waals surface area contributed by atoms with Crippen molar-refractivity contribution in [3.05, 3.63) is 29.6 Å². The van der Waals surface area contributed by atoms with Crippen molar-refractivity contribution in [1.29, 1.82) is 0 Å². The Labute approximate surface area is 124 Å². The van der Waals surface area contributed by atoms with Gasteiger partial charge in [0.15, 0.2) is 17.5 Å². The summed E-state index contributed by atoms with van der Waals surface area (Å²) in [6.45, 7) is 0.725. The largest absolute Gasteiger partial charge is 0.494 e. The minimum atomic E-state index is -0.338. The van der Waals surface area contributed by atoms with Crippen LogP contribution in [0.25, 0.3) is 0 Å². The minimum Gasteiger partial charge on any atom is -0.494 e. The van der Waals surface area contributed by atoms with Crippen LogP contribution in [0.1, 0.15) is 5.56 Å². The van der Waals surface area contributed by atoms with Crippen molar-refractivity contribution in [2.24, 2.45) is 4.99 Å². The molecule has 0 amide bonds. The van der Waals surface area contributed by atoms with Crippen LogP contribution in [0.15, 0.2) is 23.2 Å². The Morgan fingerprint density at radius 2 is 2.17 bits per heavy atom. The maximum atomic E-state index is 13.2. The van der Waals surface area contributed by atoms with Gasteiger partial charge in [0.2, 0.25) is 0 Å². The molecular formula is C12H19FIN3O.